The highest BCUT2D eigenvalue weighted by Crippen LogP contribution is 2.30. The summed E-state index contributed by atoms with van der Waals surface area (Å²) in [5, 5.41) is 3.63. The third kappa shape index (κ3) is 4.32. The van der Waals surface area contributed by atoms with E-state index in [0.29, 0.717) is 0 Å². The van der Waals surface area contributed by atoms with Crippen molar-refractivity contribution in [3.8, 4) is 0 Å². The largest absolute Gasteiger partial charge is 0.314 e. The molecule has 1 N–H and O–H groups in total. The van der Waals surface area contributed by atoms with E-state index in [4.69, 9.17) is 0 Å². The summed E-state index contributed by atoms with van der Waals surface area (Å²) in [6.07, 6.45) is 6.83. The first kappa shape index (κ1) is 14.1. The quantitative estimate of drug-likeness (QED) is 0.742. The molecule has 0 aromatic heterocycles. The van der Waals surface area contributed by atoms with Crippen molar-refractivity contribution in [3.63, 3.8) is 0 Å². The van der Waals surface area contributed by atoms with Gasteiger partial charge in [-0.2, -0.15) is 0 Å². The zero-order chi connectivity index (χ0) is 13.8. The van der Waals surface area contributed by atoms with Crippen LogP contribution < -0.4 is 5.32 Å². The van der Waals surface area contributed by atoms with E-state index in [0.717, 1.165) is 25.0 Å². The average Bonchev–Trinajstić information content (AvgIpc) is 3.34. The summed E-state index contributed by atoms with van der Waals surface area (Å²) in [5.41, 5.74) is 3.07. The van der Waals surface area contributed by atoms with Crippen LogP contribution in [0.1, 0.15) is 43.7 Å². The van der Waals surface area contributed by atoms with Crippen LogP contribution in [0.5, 0.6) is 0 Å². The Morgan fingerprint density at radius 1 is 1.10 bits per heavy atom. The molecule has 3 rings (SSSR count). The molecule has 1 aromatic carbocycles. The first-order chi connectivity index (χ1) is 9.85. The van der Waals surface area contributed by atoms with E-state index in [2.05, 4.69) is 41.4 Å². The number of benzene rings is 1. The lowest BCUT2D eigenvalue weighted by molar-refractivity contribution is 0.267. The molecule has 2 fully saturated rings. The molecule has 2 nitrogen and oxygen atoms in total. The number of nitrogens with zero attached hydrogens (tertiary/aromatic N) is 1. The van der Waals surface area contributed by atoms with E-state index in [1.807, 2.05) is 0 Å². The molecule has 2 aliphatic carbocycles. The summed E-state index contributed by atoms with van der Waals surface area (Å²) in [5.74, 6) is 0.985. The molecule has 0 aliphatic heterocycles. The van der Waals surface area contributed by atoms with Gasteiger partial charge in [0.25, 0.3) is 0 Å². The maximum absolute atomic E-state index is 3.63. The Hall–Kier alpha value is -0.860. The fourth-order valence-electron chi connectivity index (χ4n) is 2.87. The van der Waals surface area contributed by atoms with Gasteiger partial charge in [-0.15, -0.1) is 0 Å². The van der Waals surface area contributed by atoms with Gasteiger partial charge in [-0.3, -0.25) is 4.90 Å². The molecular formula is C18H28N2. The van der Waals surface area contributed by atoms with E-state index in [9.17, 15) is 0 Å². The summed E-state index contributed by atoms with van der Waals surface area (Å²) in [6, 6.07) is 9.84. The Kier molecular flexibility index (Phi) is 4.74. The fourth-order valence-corrected chi connectivity index (χ4v) is 2.87. The first-order valence-electron chi connectivity index (χ1n) is 8.37. The number of nitrogens with one attached hydrogen (secondary N) is 1. The van der Waals surface area contributed by atoms with Crippen molar-refractivity contribution >= 4 is 0 Å². The Morgan fingerprint density at radius 2 is 1.85 bits per heavy atom. The van der Waals surface area contributed by atoms with Gasteiger partial charge >= 0.3 is 0 Å². The van der Waals surface area contributed by atoms with Crippen molar-refractivity contribution in [2.24, 2.45) is 5.92 Å². The van der Waals surface area contributed by atoms with E-state index < -0.39 is 0 Å². The van der Waals surface area contributed by atoms with Gasteiger partial charge in [0, 0.05) is 19.1 Å². The van der Waals surface area contributed by atoms with Crippen molar-refractivity contribution in [1.82, 2.24) is 10.2 Å². The second-order valence-electron chi connectivity index (χ2n) is 6.52. The molecule has 1 aromatic rings. The molecule has 110 valence electrons. The van der Waals surface area contributed by atoms with Crippen LogP contribution in [0.2, 0.25) is 0 Å². The van der Waals surface area contributed by atoms with Crippen LogP contribution in [0.4, 0.5) is 0 Å². The number of hydrogen-bond acceptors (Lipinski definition) is 2. The second kappa shape index (κ2) is 6.73. The molecule has 0 amide bonds. The third-order valence-corrected chi connectivity index (χ3v) is 4.58. The zero-order valence-corrected chi connectivity index (χ0v) is 12.8. The van der Waals surface area contributed by atoms with Crippen molar-refractivity contribution in [1.29, 1.82) is 0 Å². The van der Waals surface area contributed by atoms with Crippen molar-refractivity contribution < 1.29 is 0 Å². The minimum atomic E-state index is 0.823. The number of hydrogen-bond donors (Lipinski definition) is 1. The summed E-state index contributed by atoms with van der Waals surface area (Å²) < 4.78 is 0. The molecule has 0 bridgehead atoms. The molecular weight excluding hydrogens is 244 g/mol. The van der Waals surface area contributed by atoms with Crippen LogP contribution >= 0.6 is 0 Å². The van der Waals surface area contributed by atoms with Gasteiger partial charge in [0.05, 0.1) is 0 Å². The standard InChI is InChI=1S/C18H28N2/c1-2-20(13-15-7-8-15)14-17-6-4-3-5-16(17)11-12-19-18-9-10-18/h3-6,15,18-19H,2,7-14H2,1H3. The van der Waals surface area contributed by atoms with Gasteiger partial charge in [0.15, 0.2) is 0 Å². The van der Waals surface area contributed by atoms with Crippen LogP contribution in [-0.4, -0.2) is 30.6 Å². The molecule has 0 atom stereocenters. The highest BCUT2D eigenvalue weighted by atomic mass is 15.1. The lowest BCUT2D eigenvalue weighted by Gasteiger charge is -2.22. The lowest BCUT2D eigenvalue weighted by Crippen LogP contribution is -2.26. The normalized spacial score (nSPS) is 18.7. The summed E-state index contributed by atoms with van der Waals surface area (Å²) in [7, 11) is 0. The van der Waals surface area contributed by atoms with Crippen molar-refractivity contribution in [3.05, 3.63) is 35.4 Å². The van der Waals surface area contributed by atoms with E-state index >= 15 is 0 Å². The molecule has 0 heterocycles. The van der Waals surface area contributed by atoms with Gasteiger partial charge in [-0.25, -0.2) is 0 Å². The van der Waals surface area contributed by atoms with Crippen molar-refractivity contribution in [2.75, 3.05) is 19.6 Å². The molecule has 0 unspecified atom stereocenters. The van der Waals surface area contributed by atoms with Crippen LogP contribution in [0.15, 0.2) is 24.3 Å². The molecule has 0 radical (unpaired) electrons. The smallest absolute Gasteiger partial charge is 0.0236 e. The Balaban J connectivity index is 1.55. The minimum Gasteiger partial charge on any atom is -0.314 e. The maximum Gasteiger partial charge on any atom is 0.0236 e. The number of rotatable bonds is 9. The first-order valence-corrected chi connectivity index (χ1v) is 8.37. The Bertz CT molecular complexity index is 421. The predicted molar refractivity (Wildman–Crippen MR) is 84.8 cm³/mol. The molecule has 20 heavy (non-hydrogen) atoms. The minimum absolute atomic E-state index is 0.823. The maximum atomic E-state index is 3.63. The average molecular weight is 272 g/mol. The van der Waals surface area contributed by atoms with Crippen LogP contribution in [-0.2, 0) is 13.0 Å². The van der Waals surface area contributed by atoms with Gasteiger partial charge in [0.1, 0.15) is 0 Å². The molecule has 2 heteroatoms. The highest BCUT2D eigenvalue weighted by Gasteiger charge is 2.24. The molecule has 0 saturated heterocycles. The lowest BCUT2D eigenvalue weighted by atomic mass is 10.0. The van der Waals surface area contributed by atoms with Crippen LogP contribution in [0, 0.1) is 5.92 Å². The molecule has 2 saturated carbocycles. The highest BCUT2D eigenvalue weighted by molar-refractivity contribution is 5.27. The predicted octanol–water partition coefficient (Wildman–Crippen LogP) is 3.21. The fraction of sp³-hybridized carbons (Fsp3) is 0.667. The SMILES string of the molecule is CCN(Cc1ccccc1CCNC1CC1)CC1CC1. The summed E-state index contributed by atoms with van der Waals surface area (Å²) in [4.78, 5) is 2.62. The Morgan fingerprint density at radius 3 is 2.50 bits per heavy atom. The van der Waals surface area contributed by atoms with Crippen molar-refractivity contribution in [2.45, 2.75) is 51.6 Å². The van der Waals surface area contributed by atoms with Crippen LogP contribution in [0.25, 0.3) is 0 Å². The molecule has 2 aliphatic rings. The van der Waals surface area contributed by atoms with Gasteiger partial charge in [-0.1, -0.05) is 31.2 Å². The third-order valence-electron chi connectivity index (χ3n) is 4.58. The summed E-state index contributed by atoms with van der Waals surface area (Å²) in [6.45, 7) is 7.03. The topological polar surface area (TPSA) is 15.3 Å². The van der Waals surface area contributed by atoms with Gasteiger partial charge < -0.3 is 5.32 Å². The summed E-state index contributed by atoms with van der Waals surface area (Å²) >= 11 is 0. The zero-order valence-electron chi connectivity index (χ0n) is 12.8. The molecule has 0 spiro atoms. The van der Waals surface area contributed by atoms with Crippen LogP contribution in [0.3, 0.4) is 0 Å². The second-order valence-corrected chi connectivity index (χ2v) is 6.52. The Labute approximate surface area is 123 Å². The van der Waals surface area contributed by atoms with Gasteiger partial charge in [0.2, 0.25) is 0 Å². The van der Waals surface area contributed by atoms with E-state index in [1.165, 1.54) is 56.3 Å². The monoisotopic (exact) mass is 272 g/mol. The van der Waals surface area contributed by atoms with E-state index in [1.54, 1.807) is 0 Å². The van der Waals surface area contributed by atoms with E-state index in [-0.39, 0.29) is 0 Å². The van der Waals surface area contributed by atoms with Gasteiger partial charge in [-0.05, 0) is 62.2 Å².